The second kappa shape index (κ2) is 6.26. The molecule has 0 unspecified atom stereocenters. The largest absolute Gasteiger partial charge is 0.464 e. The number of rotatable bonds is 4. The molecule has 134 valence electrons. The zero-order chi connectivity index (χ0) is 18.2. The van der Waals surface area contributed by atoms with E-state index in [0.29, 0.717) is 31.9 Å². The van der Waals surface area contributed by atoms with E-state index in [1.807, 2.05) is 6.07 Å². The molecule has 0 amide bonds. The Hall–Kier alpha value is -2.21. The zero-order valence-electron chi connectivity index (χ0n) is 14.2. The number of nitrogens with zero attached hydrogens (tertiary/aromatic N) is 2. The minimum Gasteiger partial charge on any atom is -0.464 e. The maximum absolute atomic E-state index is 12.8. The number of hydrogen-bond acceptors (Lipinski definition) is 7. The lowest BCUT2D eigenvalue weighted by Gasteiger charge is -2.28. The highest BCUT2D eigenvalue weighted by Crippen LogP contribution is 2.41. The summed E-state index contributed by atoms with van der Waals surface area (Å²) in [6, 6.07) is 3.30. The van der Waals surface area contributed by atoms with Gasteiger partial charge in [-0.25, -0.2) is 4.79 Å². The first kappa shape index (κ1) is 17.6. The number of ether oxygens (including phenoxy) is 3. The normalized spacial score (nSPS) is 20.1. The van der Waals surface area contributed by atoms with Gasteiger partial charge in [0.25, 0.3) is 5.56 Å². The Morgan fingerprint density at radius 1 is 1.48 bits per heavy atom. The lowest BCUT2D eigenvalue weighted by atomic mass is 9.87. The van der Waals surface area contributed by atoms with Gasteiger partial charge in [0.2, 0.25) is 5.79 Å². The van der Waals surface area contributed by atoms with Gasteiger partial charge < -0.3 is 23.9 Å². The quantitative estimate of drug-likeness (QED) is 0.788. The third-order valence-corrected chi connectivity index (χ3v) is 4.79. The molecule has 1 N–H and O–H groups in total. The predicted octanol–water partition coefficient (Wildman–Crippen LogP) is 0.484. The average Bonchev–Trinajstić information content (AvgIpc) is 3.23. The van der Waals surface area contributed by atoms with Gasteiger partial charge in [0.05, 0.1) is 25.5 Å². The molecule has 1 spiro atoms. The van der Waals surface area contributed by atoms with E-state index in [0.717, 1.165) is 0 Å². The Kier molecular flexibility index (Phi) is 4.41. The van der Waals surface area contributed by atoms with Crippen molar-refractivity contribution in [2.75, 3.05) is 19.8 Å². The Balaban J connectivity index is 2.24. The summed E-state index contributed by atoms with van der Waals surface area (Å²) in [4.78, 5) is 25.1. The van der Waals surface area contributed by atoms with Gasteiger partial charge in [0.1, 0.15) is 11.6 Å². The van der Waals surface area contributed by atoms with E-state index in [-0.39, 0.29) is 24.2 Å². The molecule has 0 radical (unpaired) electrons. The maximum Gasteiger partial charge on any atom is 0.342 e. The van der Waals surface area contributed by atoms with Crippen LogP contribution >= 0.6 is 0 Å². The Labute approximate surface area is 144 Å². The van der Waals surface area contributed by atoms with Crippen LogP contribution in [0.5, 0.6) is 0 Å². The molecule has 1 fully saturated rings. The summed E-state index contributed by atoms with van der Waals surface area (Å²) >= 11 is 0. The minimum atomic E-state index is -2.09. The van der Waals surface area contributed by atoms with Crippen molar-refractivity contribution in [3.05, 3.63) is 33.2 Å². The number of carbonyl (C=O) groups excluding carboxylic acids is 1. The van der Waals surface area contributed by atoms with Crippen LogP contribution in [0, 0.1) is 11.3 Å². The molecule has 2 aliphatic heterocycles. The van der Waals surface area contributed by atoms with Crippen molar-refractivity contribution < 1.29 is 24.1 Å². The number of hydrogen-bond donors (Lipinski definition) is 1. The number of fused-ring (bicyclic) bond motifs is 2. The predicted molar refractivity (Wildman–Crippen MR) is 84.4 cm³/mol. The molecule has 1 atom stereocenters. The highest BCUT2D eigenvalue weighted by Gasteiger charge is 2.48. The fourth-order valence-corrected chi connectivity index (χ4v) is 3.45. The van der Waals surface area contributed by atoms with Crippen molar-refractivity contribution in [2.24, 2.45) is 0 Å². The van der Waals surface area contributed by atoms with Crippen molar-refractivity contribution in [1.29, 1.82) is 5.26 Å². The molecule has 1 saturated heterocycles. The molecule has 0 bridgehead atoms. The lowest BCUT2D eigenvalue weighted by molar-refractivity contribution is -0.168. The van der Waals surface area contributed by atoms with Crippen molar-refractivity contribution in [3.8, 4) is 6.07 Å². The SMILES string of the molecule is CCOC(=O)[C@@](O)(CC)c1cc2n(c(=O)c1C#N)CCC21OCCO1. The fraction of sp³-hybridized carbons (Fsp3) is 0.588. The van der Waals surface area contributed by atoms with E-state index < -0.39 is 22.9 Å². The van der Waals surface area contributed by atoms with E-state index in [1.165, 1.54) is 10.6 Å². The van der Waals surface area contributed by atoms with E-state index >= 15 is 0 Å². The van der Waals surface area contributed by atoms with Crippen LogP contribution in [0.2, 0.25) is 0 Å². The molecule has 0 saturated carbocycles. The van der Waals surface area contributed by atoms with Gasteiger partial charge in [-0.15, -0.1) is 0 Å². The van der Waals surface area contributed by atoms with E-state index in [1.54, 1.807) is 13.8 Å². The van der Waals surface area contributed by atoms with Crippen LogP contribution in [-0.2, 0) is 36.9 Å². The molecule has 2 aliphatic rings. The first-order valence-electron chi connectivity index (χ1n) is 8.30. The lowest BCUT2D eigenvalue weighted by Crippen LogP contribution is -2.41. The average molecular weight is 348 g/mol. The minimum absolute atomic E-state index is 0.0435. The van der Waals surface area contributed by atoms with Crippen LogP contribution in [0.4, 0.5) is 0 Å². The van der Waals surface area contributed by atoms with Crippen molar-refractivity contribution >= 4 is 5.97 Å². The summed E-state index contributed by atoms with van der Waals surface area (Å²) in [5.74, 6) is -1.95. The van der Waals surface area contributed by atoms with Crippen molar-refractivity contribution in [1.82, 2.24) is 4.57 Å². The molecule has 0 aromatic carbocycles. The molecule has 25 heavy (non-hydrogen) atoms. The fourth-order valence-electron chi connectivity index (χ4n) is 3.45. The molecule has 8 nitrogen and oxygen atoms in total. The molecule has 1 aromatic heterocycles. The van der Waals surface area contributed by atoms with Crippen LogP contribution in [0.25, 0.3) is 0 Å². The van der Waals surface area contributed by atoms with Crippen LogP contribution in [0.3, 0.4) is 0 Å². The van der Waals surface area contributed by atoms with Crippen molar-refractivity contribution in [3.63, 3.8) is 0 Å². The topological polar surface area (TPSA) is 111 Å². The van der Waals surface area contributed by atoms with Gasteiger partial charge in [-0.2, -0.15) is 5.26 Å². The number of carbonyl (C=O) groups is 1. The number of nitriles is 1. The molecule has 3 rings (SSSR count). The molecule has 3 heterocycles. The highest BCUT2D eigenvalue weighted by molar-refractivity contribution is 5.82. The first-order chi connectivity index (χ1) is 11.9. The monoisotopic (exact) mass is 348 g/mol. The second-order valence-electron chi connectivity index (χ2n) is 6.02. The first-order valence-corrected chi connectivity index (χ1v) is 8.30. The Bertz CT molecular complexity index is 803. The van der Waals surface area contributed by atoms with E-state index in [9.17, 15) is 20.0 Å². The smallest absolute Gasteiger partial charge is 0.342 e. The summed E-state index contributed by atoms with van der Waals surface area (Å²) < 4.78 is 17.8. The molecule has 0 aliphatic carbocycles. The summed E-state index contributed by atoms with van der Waals surface area (Å²) in [7, 11) is 0. The molecule has 8 heteroatoms. The van der Waals surface area contributed by atoms with Gasteiger partial charge in [-0.1, -0.05) is 6.92 Å². The molecular weight excluding hydrogens is 328 g/mol. The third kappa shape index (κ3) is 2.47. The summed E-state index contributed by atoms with van der Waals surface area (Å²) in [6.07, 6.45) is 0.388. The van der Waals surface area contributed by atoms with Gasteiger partial charge in [0.15, 0.2) is 5.60 Å². The van der Waals surface area contributed by atoms with Crippen LogP contribution in [-0.4, -0.2) is 35.5 Å². The van der Waals surface area contributed by atoms with E-state index in [2.05, 4.69) is 0 Å². The van der Waals surface area contributed by atoms with Crippen LogP contribution in [0.15, 0.2) is 10.9 Å². The summed E-state index contributed by atoms with van der Waals surface area (Å²) in [5.41, 5.74) is -2.57. The van der Waals surface area contributed by atoms with Gasteiger partial charge >= 0.3 is 5.97 Å². The molecular formula is C17H20N2O6. The van der Waals surface area contributed by atoms with Gasteiger partial charge in [-0.3, -0.25) is 4.79 Å². The Morgan fingerprint density at radius 3 is 2.72 bits per heavy atom. The Morgan fingerprint density at radius 2 is 2.16 bits per heavy atom. The molecule has 1 aromatic rings. The third-order valence-electron chi connectivity index (χ3n) is 4.79. The second-order valence-corrected chi connectivity index (χ2v) is 6.02. The number of pyridine rings is 1. The standard InChI is InChI=1S/C17H20N2O6/c1-3-16(22,15(21)23-4-2)12-9-13-17(24-7-8-25-17)5-6-19(13)14(20)11(12)10-18/h9,22H,3-8H2,1-2H3/t16-/m1/s1. The van der Waals surface area contributed by atoms with Crippen LogP contribution in [0.1, 0.15) is 43.5 Å². The van der Waals surface area contributed by atoms with E-state index in [4.69, 9.17) is 14.2 Å². The van der Waals surface area contributed by atoms with Crippen molar-refractivity contribution in [2.45, 2.75) is 44.6 Å². The zero-order valence-corrected chi connectivity index (χ0v) is 14.2. The van der Waals surface area contributed by atoms with Crippen LogP contribution < -0.4 is 5.56 Å². The number of aromatic nitrogens is 1. The number of aliphatic hydroxyl groups is 1. The van der Waals surface area contributed by atoms with Gasteiger partial charge in [-0.05, 0) is 19.4 Å². The highest BCUT2D eigenvalue weighted by atomic mass is 16.7. The maximum atomic E-state index is 12.8. The number of esters is 1. The summed E-state index contributed by atoms with van der Waals surface area (Å²) in [6.45, 7) is 4.39. The summed E-state index contributed by atoms with van der Waals surface area (Å²) in [5, 5.41) is 20.4. The van der Waals surface area contributed by atoms with Gasteiger partial charge in [0, 0.05) is 18.5 Å².